The molecule has 0 aliphatic carbocycles. The van der Waals surface area contributed by atoms with E-state index in [1.54, 1.807) is 28.9 Å². The van der Waals surface area contributed by atoms with Crippen LogP contribution in [0.25, 0.3) is 5.69 Å². The number of halogens is 1. The Balaban J connectivity index is 2.14. The predicted molar refractivity (Wildman–Crippen MR) is 116 cm³/mol. The van der Waals surface area contributed by atoms with Gasteiger partial charge >= 0.3 is 0 Å². The number of carbonyl (C=O) groups is 1. The average molecular weight is 436 g/mol. The van der Waals surface area contributed by atoms with E-state index in [2.05, 4.69) is 10.4 Å². The topological polar surface area (TPSA) is 65.4 Å². The maximum atomic E-state index is 12.9. The van der Waals surface area contributed by atoms with Crippen molar-refractivity contribution in [1.29, 1.82) is 0 Å². The minimum atomic E-state index is -2.85. The number of aryl methyl sites for hydroxylation is 1. The van der Waals surface area contributed by atoms with E-state index in [9.17, 15) is 4.79 Å². The second-order valence-corrected chi connectivity index (χ2v) is 9.90. The minimum absolute atomic E-state index is 0.316. The molecule has 0 bridgehead atoms. The zero-order chi connectivity index (χ0) is 20.3. The summed E-state index contributed by atoms with van der Waals surface area (Å²) in [4.78, 5) is 12.9. The van der Waals surface area contributed by atoms with Crippen LogP contribution in [0.3, 0.4) is 0 Å². The molecule has 28 heavy (non-hydrogen) atoms. The van der Waals surface area contributed by atoms with Gasteiger partial charge in [0.25, 0.3) is 5.91 Å². The van der Waals surface area contributed by atoms with Crippen molar-refractivity contribution in [3.05, 3.63) is 70.9 Å². The fraction of sp³-hybridized carbons (Fsp3) is 0.158. The zero-order valence-corrected chi connectivity index (χ0v) is 18.0. The molecule has 1 amide bonds. The Morgan fingerprint density at radius 3 is 2.29 bits per heavy atom. The molecule has 1 heterocycles. The third-order valence-corrected chi connectivity index (χ3v) is 7.86. The molecule has 0 spiro atoms. The lowest BCUT2D eigenvalue weighted by molar-refractivity contribution is 0.102. The van der Waals surface area contributed by atoms with Gasteiger partial charge in [0.1, 0.15) is 11.1 Å². The zero-order valence-electron chi connectivity index (χ0n) is 15.5. The van der Waals surface area contributed by atoms with Crippen LogP contribution in [0.15, 0.2) is 54.6 Å². The highest BCUT2D eigenvalue weighted by atomic mass is 35.5. The lowest BCUT2D eigenvalue weighted by atomic mass is 10.2. The average Bonchev–Trinajstić information content (AvgIpc) is 3.05. The molecule has 1 N–H and O–H groups in total. The number of carbonyl (C=O) groups excluding carboxylic acids is 1. The molecule has 0 fully saturated rings. The van der Waals surface area contributed by atoms with Crippen molar-refractivity contribution in [1.82, 2.24) is 9.78 Å². The molecule has 9 heteroatoms. The highest BCUT2D eigenvalue weighted by molar-refractivity contribution is 8.13. The Morgan fingerprint density at radius 1 is 1.11 bits per heavy atom. The summed E-state index contributed by atoms with van der Waals surface area (Å²) in [5.74, 6) is 0.111. The number of benzene rings is 2. The third-order valence-electron chi connectivity index (χ3n) is 4.12. The Bertz CT molecular complexity index is 1030. The van der Waals surface area contributed by atoms with Crippen molar-refractivity contribution in [3.63, 3.8) is 0 Å². The maximum Gasteiger partial charge on any atom is 0.256 e. The van der Waals surface area contributed by atoms with Crippen LogP contribution in [0, 0.1) is 6.92 Å². The second-order valence-electron chi connectivity index (χ2n) is 5.85. The molecule has 0 radical (unpaired) electrons. The van der Waals surface area contributed by atoms with Crippen molar-refractivity contribution < 1.29 is 13.8 Å². The van der Waals surface area contributed by atoms with Crippen LogP contribution >= 0.6 is 18.1 Å². The molecule has 2 aromatic carbocycles. The van der Waals surface area contributed by atoms with Crippen LogP contribution < -0.4 is 10.6 Å². The van der Waals surface area contributed by atoms with Crippen molar-refractivity contribution >= 4 is 46.9 Å². The number of aromatic nitrogens is 2. The fourth-order valence-corrected chi connectivity index (χ4v) is 4.90. The number of nitrogens with one attached hydrogen (secondary N) is 1. The van der Waals surface area contributed by atoms with Crippen molar-refractivity contribution in [2.75, 3.05) is 19.5 Å². The number of hydrogen-bond donors (Lipinski definition) is 1. The first-order valence-corrected chi connectivity index (χ1v) is 11.3. The van der Waals surface area contributed by atoms with Gasteiger partial charge < -0.3 is 14.4 Å². The standard InChI is InChI=1S/C19H19ClN3O3PS/c1-13-17(27(28,25-2)26-3)18(23(22-13)16-7-5-4-6-8-16)21-19(24)14-9-11-15(20)12-10-14/h4-12H,1-3H3,(H,21,24). The van der Waals surface area contributed by atoms with E-state index in [1.807, 2.05) is 37.3 Å². The van der Waals surface area contributed by atoms with Crippen molar-refractivity contribution in [3.8, 4) is 5.69 Å². The third kappa shape index (κ3) is 4.04. The molecule has 0 saturated heterocycles. The molecule has 6 nitrogen and oxygen atoms in total. The molecular formula is C19H19ClN3O3PS. The Morgan fingerprint density at radius 2 is 1.71 bits per heavy atom. The van der Waals surface area contributed by atoms with Crippen molar-refractivity contribution in [2.45, 2.75) is 6.92 Å². The van der Waals surface area contributed by atoms with E-state index in [0.29, 0.717) is 27.4 Å². The van der Waals surface area contributed by atoms with Crippen molar-refractivity contribution in [2.24, 2.45) is 0 Å². The highest BCUT2D eigenvalue weighted by Gasteiger charge is 2.31. The summed E-state index contributed by atoms with van der Waals surface area (Å²) in [5, 5.41) is 8.63. The van der Waals surface area contributed by atoms with Crippen LogP contribution in [0.5, 0.6) is 0 Å². The molecule has 146 valence electrons. The highest BCUT2D eigenvalue weighted by Crippen LogP contribution is 2.49. The predicted octanol–water partition coefficient (Wildman–Crippen LogP) is 4.31. The normalized spacial score (nSPS) is 11.4. The lowest BCUT2D eigenvalue weighted by Crippen LogP contribution is -2.21. The van der Waals surface area contributed by atoms with E-state index in [0.717, 1.165) is 5.69 Å². The summed E-state index contributed by atoms with van der Waals surface area (Å²) >= 11 is 11.6. The van der Waals surface area contributed by atoms with Gasteiger partial charge in [-0.15, -0.1) is 0 Å². The lowest BCUT2D eigenvalue weighted by Gasteiger charge is -2.20. The van der Waals surface area contributed by atoms with Gasteiger partial charge in [0.15, 0.2) is 0 Å². The first-order chi connectivity index (χ1) is 13.4. The molecule has 0 saturated carbocycles. The summed E-state index contributed by atoms with van der Waals surface area (Å²) in [5.41, 5.74) is 1.86. The molecule has 0 aliphatic heterocycles. The molecule has 0 atom stereocenters. The molecule has 0 aliphatic rings. The van der Waals surface area contributed by atoms with Gasteiger partial charge in [-0.3, -0.25) is 4.79 Å². The number of para-hydroxylation sites is 1. The van der Waals surface area contributed by atoms with Gasteiger partial charge in [-0.2, -0.15) is 5.10 Å². The first-order valence-electron chi connectivity index (χ1n) is 8.33. The molecular weight excluding hydrogens is 417 g/mol. The molecule has 3 rings (SSSR count). The fourth-order valence-electron chi connectivity index (χ4n) is 2.75. The van der Waals surface area contributed by atoms with E-state index >= 15 is 0 Å². The largest absolute Gasteiger partial charge is 0.329 e. The molecule has 3 aromatic rings. The number of rotatable bonds is 6. The minimum Gasteiger partial charge on any atom is -0.329 e. The smallest absolute Gasteiger partial charge is 0.256 e. The van der Waals surface area contributed by atoms with Gasteiger partial charge in [0.2, 0.25) is 6.49 Å². The quantitative estimate of drug-likeness (QED) is 0.584. The molecule has 0 unspecified atom stereocenters. The van der Waals surface area contributed by atoms with Crippen LogP contribution in [-0.4, -0.2) is 29.9 Å². The Kier molecular flexibility index (Phi) is 6.33. The van der Waals surface area contributed by atoms with Gasteiger partial charge in [-0.05, 0) is 55.1 Å². The Hall–Kier alpha value is -2.02. The van der Waals surface area contributed by atoms with E-state index in [1.165, 1.54) is 14.2 Å². The maximum absolute atomic E-state index is 12.9. The van der Waals surface area contributed by atoms with Crippen LogP contribution in [0.1, 0.15) is 16.1 Å². The SMILES string of the molecule is COP(=S)(OC)c1c(C)nn(-c2ccccc2)c1NC(=O)c1ccc(Cl)cc1. The van der Waals surface area contributed by atoms with Gasteiger partial charge in [-0.25, -0.2) is 4.68 Å². The van der Waals surface area contributed by atoms with Gasteiger partial charge in [0.05, 0.1) is 11.4 Å². The van der Waals surface area contributed by atoms with E-state index in [4.69, 9.17) is 32.5 Å². The van der Waals surface area contributed by atoms with Gasteiger partial charge in [0, 0.05) is 24.8 Å². The second kappa shape index (κ2) is 8.55. The number of hydrogen-bond acceptors (Lipinski definition) is 5. The monoisotopic (exact) mass is 435 g/mol. The number of anilines is 1. The number of amides is 1. The van der Waals surface area contributed by atoms with Gasteiger partial charge in [-0.1, -0.05) is 29.8 Å². The van der Waals surface area contributed by atoms with Crippen LogP contribution in [0.4, 0.5) is 5.82 Å². The summed E-state index contributed by atoms with van der Waals surface area (Å²) in [6.45, 7) is -1.04. The molecule has 1 aromatic heterocycles. The van der Waals surface area contributed by atoms with E-state index in [-0.39, 0.29) is 5.91 Å². The first kappa shape index (κ1) is 20.7. The summed E-state index contributed by atoms with van der Waals surface area (Å²) in [6.07, 6.45) is 0. The van der Waals surface area contributed by atoms with Crippen LogP contribution in [-0.2, 0) is 20.9 Å². The van der Waals surface area contributed by atoms with E-state index < -0.39 is 6.49 Å². The number of nitrogens with zero attached hydrogens (tertiary/aromatic N) is 2. The summed E-state index contributed by atoms with van der Waals surface area (Å²) < 4.78 is 12.7. The summed E-state index contributed by atoms with van der Waals surface area (Å²) in [6, 6.07) is 16.1. The summed E-state index contributed by atoms with van der Waals surface area (Å²) in [7, 11) is 2.99. The Labute approximate surface area is 173 Å². The van der Waals surface area contributed by atoms with Crippen LogP contribution in [0.2, 0.25) is 5.02 Å².